The summed E-state index contributed by atoms with van der Waals surface area (Å²) < 4.78 is 13.8. The molecule has 0 fully saturated rings. The Morgan fingerprint density at radius 2 is 1.82 bits per heavy atom. The zero-order valence-corrected chi connectivity index (χ0v) is 14.1. The molecule has 4 nitrogen and oxygen atoms in total. The van der Waals surface area contributed by atoms with Crippen LogP contribution < -0.4 is 5.32 Å². The normalized spacial score (nSPS) is 10.5. The molecule has 2 aromatic carbocycles. The summed E-state index contributed by atoms with van der Waals surface area (Å²) in [5.41, 5.74) is 1.34. The molecular weight excluding hydrogens is 416 g/mol. The van der Waals surface area contributed by atoms with Gasteiger partial charge in [-0.2, -0.15) is 0 Å². The van der Waals surface area contributed by atoms with Crippen molar-refractivity contribution in [2.45, 2.75) is 0 Å². The van der Waals surface area contributed by atoms with E-state index in [1.54, 1.807) is 24.3 Å². The van der Waals surface area contributed by atoms with E-state index in [0.29, 0.717) is 15.7 Å². The first-order valence-electron chi connectivity index (χ1n) is 6.29. The van der Waals surface area contributed by atoms with Crippen molar-refractivity contribution in [3.8, 4) is 10.6 Å². The summed E-state index contributed by atoms with van der Waals surface area (Å²) in [5, 5.41) is 11.7. The van der Waals surface area contributed by atoms with Crippen LogP contribution in [0, 0.1) is 9.39 Å². The summed E-state index contributed by atoms with van der Waals surface area (Å²) >= 11 is 3.35. The predicted molar refractivity (Wildman–Crippen MR) is 92.4 cm³/mol. The van der Waals surface area contributed by atoms with Crippen LogP contribution >= 0.6 is 33.9 Å². The number of aromatic nitrogens is 2. The van der Waals surface area contributed by atoms with Gasteiger partial charge in [0, 0.05) is 9.13 Å². The van der Waals surface area contributed by atoms with Gasteiger partial charge in [-0.25, -0.2) is 4.39 Å². The third-order valence-corrected chi connectivity index (χ3v) is 4.68. The van der Waals surface area contributed by atoms with E-state index in [-0.39, 0.29) is 11.7 Å². The van der Waals surface area contributed by atoms with E-state index in [2.05, 4.69) is 38.1 Å². The van der Waals surface area contributed by atoms with E-state index in [4.69, 9.17) is 0 Å². The van der Waals surface area contributed by atoms with Gasteiger partial charge in [-0.3, -0.25) is 10.1 Å². The van der Waals surface area contributed by atoms with Crippen LogP contribution in [0.4, 0.5) is 9.52 Å². The smallest absolute Gasteiger partial charge is 0.258 e. The number of hydrogen-bond acceptors (Lipinski definition) is 4. The molecule has 22 heavy (non-hydrogen) atoms. The lowest BCUT2D eigenvalue weighted by Crippen LogP contribution is -2.13. The Balaban J connectivity index is 1.78. The maximum atomic E-state index is 12.9. The van der Waals surface area contributed by atoms with Gasteiger partial charge in [-0.1, -0.05) is 23.5 Å². The number of benzene rings is 2. The van der Waals surface area contributed by atoms with Crippen molar-refractivity contribution >= 4 is 45.0 Å². The number of hydrogen-bond donors (Lipinski definition) is 1. The lowest BCUT2D eigenvalue weighted by Gasteiger charge is -2.02. The lowest BCUT2D eigenvalue weighted by atomic mass is 10.2. The summed E-state index contributed by atoms with van der Waals surface area (Å²) in [6, 6.07) is 13.3. The van der Waals surface area contributed by atoms with Crippen LogP contribution in [0.3, 0.4) is 0 Å². The van der Waals surface area contributed by atoms with Crippen molar-refractivity contribution in [3.63, 3.8) is 0 Å². The standard InChI is InChI=1S/C15H9FIN3OS/c16-10-7-5-9(6-8-10)14-19-20-15(22-14)18-13(21)11-3-1-2-4-12(11)17/h1-8H,(H,18,20,21). The summed E-state index contributed by atoms with van der Waals surface area (Å²) in [5.74, 6) is -0.535. The lowest BCUT2D eigenvalue weighted by molar-refractivity contribution is 0.102. The Labute approximate surface area is 143 Å². The second kappa shape index (κ2) is 6.49. The number of amides is 1. The van der Waals surface area contributed by atoms with Gasteiger partial charge >= 0.3 is 0 Å². The molecule has 0 radical (unpaired) electrons. The van der Waals surface area contributed by atoms with E-state index in [9.17, 15) is 9.18 Å². The first-order chi connectivity index (χ1) is 10.6. The van der Waals surface area contributed by atoms with Crippen LogP contribution in [-0.4, -0.2) is 16.1 Å². The number of rotatable bonds is 3. The highest BCUT2D eigenvalue weighted by atomic mass is 127. The molecule has 110 valence electrons. The Kier molecular flexibility index (Phi) is 4.44. The minimum absolute atomic E-state index is 0.230. The predicted octanol–water partition coefficient (Wildman–Crippen LogP) is 4.20. The number of nitrogens with zero attached hydrogens (tertiary/aromatic N) is 2. The molecule has 1 N–H and O–H groups in total. The molecule has 0 aliphatic rings. The Morgan fingerprint density at radius 3 is 2.55 bits per heavy atom. The molecule has 3 aromatic rings. The molecule has 7 heteroatoms. The van der Waals surface area contributed by atoms with Gasteiger partial charge in [0.1, 0.15) is 10.8 Å². The first-order valence-corrected chi connectivity index (χ1v) is 8.18. The zero-order valence-electron chi connectivity index (χ0n) is 11.1. The van der Waals surface area contributed by atoms with Gasteiger partial charge < -0.3 is 0 Å². The van der Waals surface area contributed by atoms with Crippen LogP contribution in [0.5, 0.6) is 0 Å². The third-order valence-electron chi connectivity index (χ3n) is 2.86. The van der Waals surface area contributed by atoms with Gasteiger partial charge in [-0.15, -0.1) is 10.2 Å². The molecule has 0 unspecified atom stereocenters. The minimum Gasteiger partial charge on any atom is -0.296 e. The number of halogens is 2. The van der Waals surface area contributed by atoms with Gasteiger partial charge in [0.25, 0.3) is 5.91 Å². The highest BCUT2D eigenvalue weighted by molar-refractivity contribution is 14.1. The molecule has 0 atom stereocenters. The molecule has 0 saturated carbocycles. The van der Waals surface area contributed by atoms with E-state index in [0.717, 1.165) is 9.13 Å². The van der Waals surface area contributed by atoms with Gasteiger partial charge in [-0.05, 0) is 59.0 Å². The molecule has 0 spiro atoms. The van der Waals surface area contributed by atoms with E-state index >= 15 is 0 Å². The van der Waals surface area contributed by atoms with Crippen LogP contribution in [-0.2, 0) is 0 Å². The quantitative estimate of drug-likeness (QED) is 0.641. The van der Waals surface area contributed by atoms with Crippen molar-refractivity contribution in [1.82, 2.24) is 10.2 Å². The minimum atomic E-state index is -0.305. The van der Waals surface area contributed by atoms with E-state index in [1.165, 1.54) is 23.5 Å². The first kappa shape index (κ1) is 15.0. The molecule has 0 aliphatic heterocycles. The highest BCUT2D eigenvalue weighted by Crippen LogP contribution is 2.26. The highest BCUT2D eigenvalue weighted by Gasteiger charge is 2.13. The average molecular weight is 425 g/mol. The topological polar surface area (TPSA) is 54.9 Å². The molecule has 0 saturated heterocycles. The number of carbonyl (C=O) groups is 1. The molecule has 3 rings (SSSR count). The summed E-state index contributed by atoms with van der Waals surface area (Å²) in [4.78, 5) is 12.2. The Hall–Kier alpha value is -1.87. The summed E-state index contributed by atoms with van der Waals surface area (Å²) in [6.45, 7) is 0. The number of nitrogens with one attached hydrogen (secondary N) is 1. The maximum Gasteiger partial charge on any atom is 0.258 e. The van der Waals surface area contributed by atoms with Crippen molar-refractivity contribution in [1.29, 1.82) is 0 Å². The molecular formula is C15H9FIN3OS. The van der Waals surface area contributed by atoms with Crippen LogP contribution in [0.15, 0.2) is 48.5 Å². The van der Waals surface area contributed by atoms with Gasteiger partial charge in [0.15, 0.2) is 0 Å². The van der Waals surface area contributed by atoms with Crippen molar-refractivity contribution in [3.05, 3.63) is 63.5 Å². The Bertz CT molecular complexity index is 820. The molecule has 1 amide bonds. The van der Waals surface area contributed by atoms with Crippen molar-refractivity contribution in [2.24, 2.45) is 0 Å². The molecule has 1 heterocycles. The molecule has 1 aromatic heterocycles. The molecule has 0 bridgehead atoms. The second-order valence-corrected chi connectivity index (χ2v) is 6.49. The van der Waals surface area contributed by atoms with Crippen molar-refractivity contribution in [2.75, 3.05) is 5.32 Å². The van der Waals surface area contributed by atoms with E-state index < -0.39 is 0 Å². The fourth-order valence-electron chi connectivity index (χ4n) is 1.79. The van der Waals surface area contributed by atoms with Gasteiger partial charge in [0.05, 0.1) is 5.56 Å². The Morgan fingerprint density at radius 1 is 1.09 bits per heavy atom. The SMILES string of the molecule is O=C(Nc1nnc(-c2ccc(F)cc2)s1)c1ccccc1I. The maximum absolute atomic E-state index is 12.9. The summed E-state index contributed by atoms with van der Waals surface area (Å²) in [7, 11) is 0. The third kappa shape index (κ3) is 3.30. The van der Waals surface area contributed by atoms with Gasteiger partial charge in [0.2, 0.25) is 5.13 Å². The van der Waals surface area contributed by atoms with E-state index in [1.807, 2.05) is 12.1 Å². The monoisotopic (exact) mass is 425 g/mol. The van der Waals surface area contributed by atoms with Crippen LogP contribution in [0.1, 0.15) is 10.4 Å². The molecule has 0 aliphatic carbocycles. The largest absolute Gasteiger partial charge is 0.296 e. The second-order valence-electron chi connectivity index (χ2n) is 4.35. The zero-order chi connectivity index (χ0) is 15.5. The average Bonchev–Trinajstić information content (AvgIpc) is 2.97. The van der Waals surface area contributed by atoms with Crippen LogP contribution in [0.25, 0.3) is 10.6 Å². The fraction of sp³-hybridized carbons (Fsp3) is 0. The number of carbonyl (C=O) groups excluding carboxylic acids is 1. The summed E-state index contributed by atoms with van der Waals surface area (Å²) in [6.07, 6.45) is 0. The number of anilines is 1. The van der Waals surface area contributed by atoms with Crippen molar-refractivity contribution < 1.29 is 9.18 Å². The van der Waals surface area contributed by atoms with Crippen LogP contribution in [0.2, 0.25) is 0 Å². The fourth-order valence-corrected chi connectivity index (χ4v) is 3.17.